The number of rotatable bonds is 22. The molecule has 2 N–H and O–H groups in total. The first-order valence-corrected chi connectivity index (χ1v) is 17.6. The second kappa shape index (κ2) is 21.0. The summed E-state index contributed by atoms with van der Waals surface area (Å²) in [5.41, 5.74) is 7.90. The molecule has 3 aromatic rings. The van der Waals surface area contributed by atoms with Crippen LogP contribution in [0.1, 0.15) is 70.1 Å². The maximum atomic E-state index is 12.0. The molecule has 0 aromatic heterocycles. The van der Waals surface area contributed by atoms with Crippen molar-refractivity contribution in [1.82, 2.24) is 0 Å². The summed E-state index contributed by atoms with van der Waals surface area (Å²) in [7, 11) is 0. The highest BCUT2D eigenvalue weighted by Crippen LogP contribution is 2.40. The van der Waals surface area contributed by atoms with Gasteiger partial charge in [-0.1, -0.05) is 82.3 Å². The van der Waals surface area contributed by atoms with Gasteiger partial charge in [-0.2, -0.15) is 0 Å². The molecule has 8 heteroatoms. The minimum absolute atomic E-state index is 0.0367. The lowest BCUT2D eigenvalue weighted by Gasteiger charge is -2.21. The van der Waals surface area contributed by atoms with E-state index in [4.69, 9.17) is 18.9 Å². The van der Waals surface area contributed by atoms with Crippen LogP contribution in [0.5, 0.6) is 11.5 Å². The zero-order chi connectivity index (χ0) is 36.5. The number of carbonyl (C=O) groups is 2. The Morgan fingerprint density at radius 2 is 1.28 bits per heavy atom. The highest BCUT2D eigenvalue weighted by molar-refractivity contribution is 5.87. The summed E-state index contributed by atoms with van der Waals surface area (Å²) in [5.74, 6) is -0.113. The number of aliphatic hydroxyl groups excluding tert-OH is 2. The van der Waals surface area contributed by atoms with E-state index in [1.165, 1.54) is 24.8 Å². The van der Waals surface area contributed by atoms with Gasteiger partial charge in [0.2, 0.25) is 0 Å². The van der Waals surface area contributed by atoms with Gasteiger partial charge in [0.15, 0.2) is 0 Å². The third-order valence-electron chi connectivity index (χ3n) is 8.48. The molecule has 0 unspecified atom stereocenters. The minimum Gasteiger partial charge on any atom is -0.490 e. The molecule has 0 amide bonds. The molecule has 3 aromatic carbocycles. The molecule has 0 atom stereocenters. The molecule has 0 heterocycles. The number of aliphatic hydroxyl groups is 2. The largest absolute Gasteiger partial charge is 0.490 e. The standard InChI is InChI=1S/C42H54O8/c1-7-9-10-11-31-12-15-34(16-13-31)35-18-19-37(33(8-2)24-35)38-26-39(47-20-22-49-41(45)29(3)4)36(17-14-32(27-43)28-44)25-40(38)48-21-23-50-42(46)30(5)6/h12-13,15-16,18-19,24-26,32,43-44H,3,5,7-11,14,17,20-23,27-28H2,1-2,4,6H3. The zero-order valence-corrected chi connectivity index (χ0v) is 30.2. The molecule has 0 fully saturated rings. The van der Waals surface area contributed by atoms with Crippen molar-refractivity contribution in [3.63, 3.8) is 0 Å². The van der Waals surface area contributed by atoms with Crippen molar-refractivity contribution in [2.45, 2.75) is 72.6 Å². The van der Waals surface area contributed by atoms with E-state index in [0.29, 0.717) is 35.5 Å². The van der Waals surface area contributed by atoms with Crippen LogP contribution >= 0.6 is 0 Å². The van der Waals surface area contributed by atoms with Gasteiger partial charge in [0.1, 0.15) is 37.9 Å². The van der Waals surface area contributed by atoms with Gasteiger partial charge in [-0.25, -0.2) is 9.59 Å². The van der Waals surface area contributed by atoms with E-state index >= 15 is 0 Å². The fraction of sp³-hybridized carbons (Fsp3) is 0.429. The summed E-state index contributed by atoms with van der Waals surface area (Å²) in [6.45, 7) is 14.8. The van der Waals surface area contributed by atoms with Gasteiger partial charge in [-0.15, -0.1) is 0 Å². The average Bonchev–Trinajstić information content (AvgIpc) is 3.12. The predicted molar refractivity (Wildman–Crippen MR) is 198 cm³/mol. The van der Waals surface area contributed by atoms with Gasteiger partial charge in [-0.05, 0) is 91.5 Å². The first-order valence-electron chi connectivity index (χ1n) is 17.6. The second-order valence-electron chi connectivity index (χ2n) is 12.6. The smallest absolute Gasteiger partial charge is 0.333 e. The lowest BCUT2D eigenvalue weighted by molar-refractivity contribution is -0.140. The van der Waals surface area contributed by atoms with Gasteiger partial charge >= 0.3 is 11.9 Å². The van der Waals surface area contributed by atoms with Crippen LogP contribution in [-0.4, -0.2) is 61.8 Å². The molecule has 0 saturated carbocycles. The topological polar surface area (TPSA) is 112 Å². The fourth-order valence-corrected chi connectivity index (χ4v) is 5.45. The zero-order valence-electron chi connectivity index (χ0n) is 30.2. The van der Waals surface area contributed by atoms with E-state index in [1.807, 2.05) is 12.1 Å². The van der Waals surface area contributed by atoms with Gasteiger partial charge in [-0.3, -0.25) is 0 Å². The maximum absolute atomic E-state index is 12.0. The number of ether oxygens (including phenoxy) is 4. The predicted octanol–water partition coefficient (Wildman–Crippen LogP) is 7.85. The quantitative estimate of drug-likeness (QED) is 0.0625. The van der Waals surface area contributed by atoms with Gasteiger partial charge in [0, 0.05) is 35.8 Å². The van der Waals surface area contributed by atoms with Crippen molar-refractivity contribution < 1.29 is 38.7 Å². The first-order chi connectivity index (χ1) is 24.1. The van der Waals surface area contributed by atoms with E-state index in [-0.39, 0.29) is 45.6 Å². The summed E-state index contributed by atoms with van der Waals surface area (Å²) in [5, 5.41) is 19.4. The Bertz CT molecular complexity index is 1570. The summed E-state index contributed by atoms with van der Waals surface area (Å²) in [6, 6.07) is 19.0. The molecule has 0 radical (unpaired) electrons. The Hall–Kier alpha value is -4.40. The Morgan fingerprint density at radius 3 is 1.84 bits per heavy atom. The Balaban J connectivity index is 2.02. The SMILES string of the molecule is C=C(C)C(=O)OCCOc1cc(-c2ccc(-c3ccc(CCCCC)cc3)cc2CC)c(OCCOC(=O)C(=C)C)cc1CCC(CO)CO. The molecular weight excluding hydrogens is 632 g/mol. The van der Waals surface area contributed by atoms with Crippen molar-refractivity contribution in [3.05, 3.63) is 95.6 Å². The van der Waals surface area contributed by atoms with Gasteiger partial charge in [0.25, 0.3) is 0 Å². The lowest BCUT2D eigenvalue weighted by atomic mass is 9.91. The summed E-state index contributed by atoms with van der Waals surface area (Å²) in [4.78, 5) is 23.9. The molecule has 270 valence electrons. The molecule has 0 saturated heterocycles. The minimum atomic E-state index is -0.488. The Labute approximate surface area is 297 Å². The molecule has 0 bridgehead atoms. The van der Waals surface area contributed by atoms with E-state index in [2.05, 4.69) is 69.5 Å². The molecule has 0 aliphatic rings. The van der Waals surface area contributed by atoms with Crippen molar-refractivity contribution in [2.24, 2.45) is 5.92 Å². The van der Waals surface area contributed by atoms with Crippen molar-refractivity contribution in [2.75, 3.05) is 39.6 Å². The van der Waals surface area contributed by atoms with Crippen LogP contribution in [0.4, 0.5) is 0 Å². The number of hydrogen-bond donors (Lipinski definition) is 2. The molecule has 0 spiro atoms. The molecule has 3 rings (SSSR count). The van der Waals surface area contributed by atoms with E-state index < -0.39 is 11.9 Å². The Kier molecular flexibility index (Phi) is 16.8. The molecule has 8 nitrogen and oxygen atoms in total. The van der Waals surface area contributed by atoms with Crippen LogP contribution < -0.4 is 9.47 Å². The Morgan fingerprint density at radius 1 is 0.680 bits per heavy atom. The number of esters is 2. The third-order valence-corrected chi connectivity index (χ3v) is 8.48. The first kappa shape index (κ1) is 40.0. The number of hydrogen-bond acceptors (Lipinski definition) is 8. The normalized spacial score (nSPS) is 10.9. The molecular formula is C42H54O8. The number of benzene rings is 3. The lowest BCUT2D eigenvalue weighted by Crippen LogP contribution is -2.15. The molecule has 50 heavy (non-hydrogen) atoms. The summed E-state index contributed by atoms with van der Waals surface area (Å²) < 4.78 is 23.0. The van der Waals surface area contributed by atoms with Gasteiger partial charge < -0.3 is 29.2 Å². The third kappa shape index (κ3) is 12.2. The van der Waals surface area contributed by atoms with Crippen molar-refractivity contribution in [3.8, 4) is 33.8 Å². The molecule has 0 aliphatic heterocycles. The summed E-state index contributed by atoms with van der Waals surface area (Å²) >= 11 is 0. The second-order valence-corrected chi connectivity index (χ2v) is 12.6. The fourth-order valence-electron chi connectivity index (χ4n) is 5.45. The number of carbonyl (C=O) groups excluding carboxylic acids is 2. The van der Waals surface area contributed by atoms with E-state index in [9.17, 15) is 19.8 Å². The highest BCUT2D eigenvalue weighted by Gasteiger charge is 2.19. The van der Waals surface area contributed by atoms with E-state index in [1.54, 1.807) is 13.8 Å². The van der Waals surface area contributed by atoms with E-state index in [0.717, 1.165) is 46.2 Å². The summed E-state index contributed by atoms with van der Waals surface area (Å²) in [6.07, 6.45) is 6.47. The van der Waals surface area contributed by atoms with Crippen LogP contribution in [0.25, 0.3) is 22.3 Å². The van der Waals surface area contributed by atoms with Crippen LogP contribution in [0, 0.1) is 5.92 Å². The van der Waals surface area contributed by atoms with Crippen LogP contribution in [-0.2, 0) is 38.3 Å². The van der Waals surface area contributed by atoms with Crippen molar-refractivity contribution in [1.29, 1.82) is 0 Å². The van der Waals surface area contributed by atoms with Crippen LogP contribution in [0.3, 0.4) is 0 Å². The maximum Gasteiger partial charge on any atom is 0.333 e. The molecule has 0 aliphatic carbocycles. The van der Waals surface area contributed by atoms with Crippen molar-refractivity contribution >= 4 is 11.9 Å². The number of unbranched alkanes of at least 4 members (excludes halogenated alkanes) is 2. The highest BCUT2D eigenvalue weighted by atomic mass is 16.6. The van der Waals surface area contributed by atoms with Crippen LogP contribution in [0.15, 0.2) is 78.9 Å². The van der Waals surface area contributed by atoms with Crippen LogP contribution in [0.2, 0.25) is 0 Å². The van der Waals surface area contributed by atoms with Gasteiger partial charge in [0.05, 0.1) is 0 Å². The monoisotopic (exact) mass is 686 g/mol. The average molecular weight is 687 g/mol. The number of aryl methyl sites for hydroxylation is 3.